The van der Waals surface area contributed by atoms with E-state index in [1.807, 2.05) is 5.32 Å². The van der Waals surface area contributed by atoms with E-state index in [0.29, 0.717) is 17.0 Å². The van der Waals surface area contributed by atoms with Gasteiger partial charge in [-0.05, 0) is 12.8 Å². The predicted octanol–water partition coefficient (Wildman–Crippen LogP) is 1.15. The molecule has 4 N–H and O–H groups in total. The SMILES string of the molecule is CCc1[nH]c(C(=O)N[C@@H]2CCN(C(=O)C(F)(F)F)C[C@@H]2NC(=O)O)nc1Cl. The summed E-state index contributed by atoms with van der Waals surface area (Å²) in [5.41, 5.74) is 0.535. The third-order valence-corrected chi connectivity index (χ3v) is 4.38. The second-order valence-corrected chi connectivity index (χ2v) is 6.24. The fourth-order valence-electron chi connectivity index (χ4n) is 2.76. The summed E-state index contributed by atoms with van der Waals surface area (Å²) in [6.45, 7) is 0.968. The average molecular weight is 412 g/mol. The number of halogens is 4. The van der Waals surface area contributed by atoms with Gasteiger partial charge in [-0.25, -0.2) is 9.78 Å². The Kier molecular flexibility index (Phi) is 6.19. The fraction of sp³-hybridized carbons (Fsp3) is 0.571. The van der Waals surface area contributed by atoms with Crippen molar-refractivity contribution >= 4 is 29.5 Å². The molecule has 0 spiro atoms. The van der Waals surface area contributed by atoms with Crippen LogP contribution >= 0.6 is 11.6 Å². The van der Waals surface area contributed by atoms with Crippen LogP contribution < -0.4 is 10.6 Å². The molecule has 1 aliphatic heterocycles. The van der Waals surface area contributed by atoms with E-state index in [1.54, 1.807) is 6.92 Å². The Hall–Kier alpha value is -2.50. The van der Waals surface area contributed by atoms with Crippen molar-refractivity contribution in [3.8, 4) is 0 Å². The number of carbonyl (C=O) groups is 3. The van der Waals surface area contributed by atoms with Gasteiger partial charge in [0.1, 0.15) is 0 Å². The summed E-state index contributed by atoms with van der Waals surface area (Å²) in [5, 5.41) is 13.6. The lowest BCUT2D eigenvalue weighted by Gasteiger charge is -2.38. The number of nitrogens with one attached hydrogen (secondary N) is 3. The smallest absolute Gasteiger partial charge is 0.465 e. The van der Waals surface area contributed by atoms with Crippen LogP contribution in [0.3, 0.4) is 0 Å². The monoisotopic (exact) mass is 411 g/mol. The minimum Gasteiger partial charge on any atom is -0.465 e. The highest BCUT2D eigenvalue weighted by Gasteiger charge is 2.45. The zero-order valence-corrected chi connectivity index (χ0v) is 14.8. The third kappa shape index (κ3) is 5.02. The minimum absolute atomic E-state index is 0.0758. The van der Waals surface area contributed by atoms with Gasteiger partial charge in [0, 0.05) is 13.1 Å². The minimum atomic E-state index is -5.06. The lowest BCUT2D eigenvalue weighted by Crippen LogP contribution is -2.62. The van der Waals surface area contributed by atoms with Crippen molar-refractivity contribution in [3.63, 3.8) is 0 Å². The lowest BCUT2D eigenvalue weighted by molar-refractivity contribution is -0.186. The summed E-state index contributed by atoms with van der Waals surface area (Å²) in [6.07, 6.45) is -6.13. The van der Waals surface area contributed by atoms with Crippen LogP contribution in [0.1, 0.15) is 29.7 Å². The van der Waals surface area contributed by atoms with Crippen LogP contribution in [0.5, 0.6) is 0 Å². The number of amides is 3. The molecule has 150 valence electrons. The van der Waals surface area contributed by atoms with Gasteiger partial charge in [-0.2, -0.15) is 13.2 Å². The summed E-state index contributed by atoms with van der Waals surface area (Å²) >= 11 is 5.86. The molecule has 9 nitrogen and oxygen atoms in total. The highest BCUT2D eigenvalue weighted by Crippen LogP contribution is 2.22. The van der Waals surface area contributed by atoms with Gasteiger partial charge in [0.25, 0.3) is 5.91 Å². The number of alkyl halides is 3. The lowest BCUT2D eigenvalue weighted by atomic mass is 9.99. The number of nitrogens with zero attached hydrogens (tertiary/aromatic N) is 2. The molecule has 1 saturated heterocycles. The number of likely N-dealkylation sites (tertiary alicyclic amines) is 1. The third-order valence-electron chi connectivity index (χ3n) is 4.06. The molecule has 13 heteroatoms. The maximum absolute atomic E-state index is 12.6. The van der Waals surface area contributed by atoms with Gasteiger partial charge < -0.3 is 25.6 Å². The van der Waals surface area contributed by atoms with E-state index in [9.17, 15) is 27.6 Å². The Labute approximate surface area is 156 Å². The number of aromatic nitrogens is 2. The zero-order chi connectivity index (χ0) is 20.4. The van der Waals surface area contributed by atoms with Crippen LogP contribution in [0.2, 0.25) is 5.15 Å². The summed E-state index contributed by atoms with van der Waals surface area (Å²) in [7, 11) is 0. The molecule has 0 aromatic carbocycles. The van der Waals surface area contributed by atoms with E-state index in [1.165, 1.54) is 0 Å². The van der Waals surface area contributed by atoms with Gasteiger partial charge in [0.15, 0.2) is 11.0 Å². The fourth-order valence-corrected chi connectivity index (χ4v) is 3.03. The highest BCUT2D eigenvalue weighted by atomic mass is 35.5. The van der Waals surface area contributed by atoms with Crippen LogP contribution in [-0.4, -0.2) is 69.2 Å². The number of carboxylic acid groups (broad SMARTS) is 1. The van der Waals surface area contributed by atoms with Crippen molar-refractivity contribution in [1.29, 1.82) is 0 Å². The first kappa shape index (κ1) is 20.8. The normalized spacial score (nSPS) is 20.3. The highest BCUT2D eigenvalue weighted by molar-refractivity contribution is 6.30. The number of hydrogen-bond acceptors (Lipinski definition) is 4. The molecule has 1 aliphatic rings. The Morgan fingerprint density at radius 1 is 1.33 bits per heavy atom. The number of hydrogen-bond donors (Lipinski definition) is 4. The molecular formula is C14H17ClF3N5O4. The molecule has 0 unspecified atom stereocenters. The number of aryl methyl sites for hydroxylation is 1. The van der Waals surface area contributed by atoms with Crippen LogP contribution in [0.25, 0.3) is 0 Å². The Bertz CT molecular complexity index is 739. The first-order valence-corrected chi connectivity index (χ1v) is 8.31. The summed E-state index contributed by atoms with van der Waals surface area (Å²) in [5.74, 6) is -2.84. The first-order chi connectivity index (χ1) is 12.5. The van der Waals surface area contributed by atoms with Gasteiger partial charge in [-0.15, -0.1) is 0 Å². The largest absolute Gasteiger partial charge is 0.471 e. The van der Waals surface area contributed by atoms with Gasteiger partial charge in [0.2, 0.25) is 0 Å². The molecule has 27 heavy (non-hydrogen) atoms. The van der Waals surface area contributed by atoms with E-state index in [-0.39, 0.29) is 23.9 Å². The molecule has 2 atom stereocenters. The van der Waals surface area contributed by atoms with E-state index < -0.39 is 42.7 Å². The molecule has 0 aliphatic carbocycles. The Balaban J connectivity index is 2.11. The van der Waals surface area contributed by atoms with Gasteiger partial charge in [-0.3, -0.25) is 9.59 Å². The van der Waals surface area contributed by atoms with Gasteiger partial charge >= 0.3 is 18.2 Å². The quantitative estimate of drug-likeness (QED) is 0.591. The number of aromatic amines is 1. The van der Waals surface area contributed by atoms with Gasteiger partial charge in [0.05, 0.1) is 17.8 Å². The Morgan fingerprint density at radius 2 is 2.00 bits per heavy atom. The van der Waals surface area contributed by atoms with E-state index in [4.69, 9.17) is 16.7 Å². The number of carbonyl (C=O) groups excluding carboxylic acids is 2. The summed E-state index contributed by atoms with van der Waals surface area (Å²) in [6, 6.07) is -1.96. The molecule has 2 heterocycles. The number of imidazole rings is 1. The molecular weight excluding hydrogens is 395 g/mol. The van der Waals surface area contributed by atoms with Crippen molar-refractivity contribution < 1.29 is 32.7 Å². The van der Waals surface area contributed by atoms with E-state index in [2.05, 4.69) is 15.3 Å². The van der Waals surface area contributed by atoms with Gasteiger partial charge in [-0.1, -0.05) is 18.5 Å². The molecule has 3 amide bonds. The molecule has 1 aromatic rings. The molecule has 1 aromatic heterocycles. The summed E-state index contributed by atoms with van der Waals surface area (Å²) < 4.78 is 37.8. The number of H-pyrrole nitrogens is 1. The summed E-state index contributed by atoms with van der Waals surface area (Å²) in [4.78, 5) is 41.7. The predicted molar refractivity (Wildman–Crippen MR) is 86.4 cm³/mol. The van der Waals surface area contributed by atoms with Crippen molar-refractivity contribution in [1.82, 2.24) is 25.5 Å². The zero-order valence-electron chi connectivity index (χ0n) is 14.1. The molecule has 0 radical (unpaired) electrons. The second kappa shape index (κ2) is 8.03. The van der Waals surface area contributed by atoms with E-state index >= 15 is 0 Å². The molecule has 2 rings (SSSR count). The van der Waals surface area contributed by atoms with Crippen molar-refractivity contribution in [3.05, 3.63) is 16.7 Å². The average Bonchev–Trinajstić information content (AvgIpc) is 2.95. The van der Waals surface area contributed by atoms with Crippen LogP contribution in [-0.2, 0) is 11.2 Å². The maximum atomic E-state index is 12.6. The van der Waals surface area contributed by atoms with Crippen molar-refractivity contribution in [2.24, 2.45) is 0 Å². The topological polar surface area (TPSA) is 127 Å². The molecule has 1 fully saturated rings. The van der Waals surface area contributed by atoms with E-state index in [0.717, 1.165) is 0 Å². The number of rotatable bonds is 4. The van der Waals surface area contributed by atoms with Crippen molar-refractivity contribution in [2.45, 2.75) is 38.0 Å². The second-order valence-electron chi connectivity index (χ2n) is 5.88. The van der Waals surface area contributed by atoms with Crippen LogP contribution in [0, 0.1) is 0 Å². The molecule has 0 saturated carbocycles. The van der Waals surface area contributed by atoms with Crippen LogP contribution in [0.4, 0.5) is 18.0 Å². The standard InChI is InChI=1S/C14H17ClF3N5O4/c1-2-6-9(15)22-10(19-6)11(24)20-7-3-4-23(12(25)14(16,17)18)5-8(7)21-13(26)27/h7-8,21H,2-5H2,1H3,(H,19,22)(H,20,24)(H,26,27)/t7-,8+/m1/s1. The number of piperidine rings is 1. The van der Waals surface area contributed by atoms with Crippen LogP contribution in [0.15, 0.2) is 0 Å². The molecule has 0 bridgehead atoms. The maximum Gasteiger partial charge on any atom is 0.471 e. The first-order valence-electron chi connectivity index (χ1n) is 7.93. The Morgan fingerprint density at radius 3 is 2.52 bits per heavy atom. The van der Waals surface area contributed by atoms with Crippen molar-refractivity contribution in [2.75, 3.05) is 13.1 Å².